The molecule has 1 aromatic rings. The maximum Gasteiger partial charge on any atom is 0.410 e. The van der Waals surface area contributed by atoms with Crippen LogP contribution in [0, 0.1) is 0 Å². The summed E-state index contributed by atoms with van der Waals surface area (Å²) >= 11 is 0. The molecular weight excluding hydrogens is 232 g/mol. The fraction of sp³-hybridized carbons (Fsp3) is 0.538. The summed E-state index contributed by atoms with van der Waals surface area (Å²) in [6.07, 6.45) is 1.40. The molecule has 0 radical (unpaired) electrons. The van der Waals surface area contributed by atoms with E-state index >= 15 is 0 Å². The molecule has 1 amide bonds. The normalized spacial score (nSPS) is 16.1. The zero-order valence-electron chi connectivity index (χ0n) is 10.9. The number of carbonyl (C=O) groups excluding carboxylic acids is 1. The average molecular weight is 250 g/mol. The van der Waals surface area contributed by atoms with Gasteiger partial charge in [0.1, 0.15) is 11.7 Å². The molecule has 1 fully saturated rings. The van der Waals surface area contributed by atoms with Crippen LogP contribution in [0.4, 0.5) is 4.79 Å². The Hall–Kier alpha value is -1.78. The van der Waals surface area contributed by atoms with Gasteiger partial charge in [0, 0.05) is 12.3 Å². The molecule has 0 atom stereocenters. The van der Waals surface area contributed by atoms with Crippen molar-refractivity contribution in [1.29, 1.82) is 0 Å². The number of hydrogen-bond donors (Lipinski definition) is 0. The molecule has 1 aromatic heterocycles. The molecule has 0 aliphatic carbocycles. The molecule has 0 bridgehead atoms. The maximum atomic E-state index is 11.7. The van der Waals surface area contributed by atoms with E-state index in [4.69, 9.17) is 9.47 Å². The Labute approximate surface area is 107 Å². The summed E-state index contributed by atoms with van der Waals surface area (Å²) in [6, 6.07) is 5.50. The maximum absolute atomic E-state index is 11.7. The lowest BCUT2D eigenvalue weighted by Crippen LogP contribution is -2.57. The molecule has 1 aliphatic heterocycles. The van der Waals surface area contributed by atoms with Crippen molar-refractivity contribution < 1.29 is 14.3 Å². The third kappa shape index (κ3) is 3.35. The van der Waals surface area contributed by atoms with Gasteiger partial charge in [-0.05, 0) is 26.8 Å². The molecule has 1 aliphatic rings. The number of pyridine rings is 1. The van der Waals surface area contributed by atoms with Crippen LogP contribution in [0.25, 0.3) is 0 Å². The van der Waals surface area contributed by atoms with Crippen LogP contribution >= 0.6 is 0 Å². The van der Waals surface area contributed by atoms with Crippen LogP contribution < -0.4 is 4.74 Å². The first-order valence-electron chi connectivity index (χ1n) is 6.00. The van der Waals surface area contributed by atoms with Gasteiger partial charge in [-0.2, -0.15) is 0 Å². The van der Waals surface area contributed by atoms with E-state index in [9.17, 15) is 4.79 Å². The van der Waals surface area contributed by atoms with Crippen molar-refractivity contribution in [3.8, 4) is 5.88 Å². The van der Waals surface area contributed by atoms with E-state index in [0.29, 0.717) is 19.0 Å². The summed E-state index contributed by atoms with van der Waals surface area (Å²) < 4.78 is 10.9. The van der Waals surface area contributed by atoms with Crippen molar-refractivity contribution in [3.05, 3.63) is 24.4 Å². The molecule has 5 nitrogen and oxygen atoms in total. The lowest BCUT2D eigenvalue weighted by molar-refractivity contribution is -0.0232. The Bertz CT molecular complexity index is 408. The fourth-order valence-corrected chi connectivity index (χ4v) is 1.58. The highest BCUT2D eigenvalue weighted by Crippen LogP contribution is 2.18. The van der Waals surface area contributed by atoms with Gasteiger partial charge in [-0.25, -0.2) is 9.78 Å². The number of nitrogens with zero attached hydrogens (tertiary/aromatic N) is 2. The van der Waals surface area contributed by atoms with E-state index in [1.54, 1.807) is 17.2 Å². The minimum Gasteiger partial charge on any atom is -0.471 e. The van der Waals surface area contributed by atoms with Gasteiger partial charge >= 0.3 is 6.09 Å². The zero-order valence-corrected chi connectivity index (χ0v) is 10.9. The number of ether oxygens (including phenoxy) is 2. The van der Waals surface area contributed by atoms with Crippen molar-refractivity contribution in [2.75, 3.05) is 13.1 Å². The predicted octanol–water partition coefficient (Wildman–Crippen LogP) is 2.08. The molecule has 0 unspecified atom stereocenters. The molecule has 0 N–H and O–H groups in total. The minimum absolute atomic E-state index is 0.00687. The Morgan fingerprint density at radius 1 is 1.39 bits per heavy atom. The Morgan fingerprint density at radius 3 is 2.67 bits per heavy atom. The van der Waals surface area contributed by atoms with Gasteiger partial charge < -0.3 is 14.4 Å². The van der Waals surface area contributed by atoms with E-state index < -0.39 is 5.60 Å². The molecule has 2 heterocycles. The van der Waals surface area contributed by atoms with E-state index in [2.05, 4.69) is 4.98 Å². The highest BCUT2D eigenvalue weighted by atomic mass is 16.6. The smallest absolute Gasteiger partial charge is 0.410 e. The average Bonchev–Trinajstić information content (AvgIpc) is 2.21. The van der Waals surface area contributed by atoms with E-state index in [0.717, 1.165) is 0 Å². The molecule has 0 saturated carbocycles. The molecule has 18 heavy (non-hydrogen) atoms. The van der Waals surface area contributed by atoms with Crippen LogP contribution in [0.15, 0.2) is 24.4 Å². The second-order valence-corrected chi connectivity index (χ2v) is 5.29. The topological polar surface area (TPSA) is 51.7 Å². The highest BCUT2D eigenvalue weighted by Gasteiger charge is 2.35. The molecule has 0 aromatic carbocycles. The third-order valence-electron chi connectivity index (χ3n) is 2.42. The number of carbonyl (C=O) groups is 1. The number of aromatic nitrogens is 1. The van der Waals surface area contributed by atoms with Crippen LogP contribution in [0.5, 0.6) is 5.88 Å². The predicted molar refractivity (Wildman–Crippen MR) is 66.5 cm³/mol. The second kappa shape index (κ2) is 4.84. The van der Waals surface area contributed by atoms with Gasteiger partial charge in [0.15, 0.2) is 0 Å². The summed E-state index contributed by atoms with van der Waals surface area (Å²) in [5.74, 6) is 0.589. The van der Waals surface area contributed by atoms with Gasteiger partial charge in [0.2, 0.25) is 5.88 Å². The summed E-state index contributed by atoms with van der Waals surface area (Å²) in [5, 5.41) is 0. The SMILES string of the molecule is CC(C)(C)OC(=O)N1CC(Oc2ccccn2)C1. The van der Waals surface area contributed by atoms with Gasteiger partial charge in [-0.15, -0.1) is 0 Å². The van der Waals surface area contributed by atoms with E-state index in [1.165, 1.54) is 0 Å². The monoisotopic (exact) mass is 250 g/mol. The van der Waals surface area contributed by atoms with Crippen LogP contribution in [0.1, 0.15) is 20.8 Å². The molecule has 1 saturated heterocycles. The van der Waals surface area contributed by atoms with Crippen LogP contribution in [0.3, 0.4) is 0 Å². The van der Waals surface area contributed by atoms with Gasteiger partial charge in [-0.1, -0.05) is 6.07 Å². The Balaban J connectivity index is 1.76. The van der Waals surface area contributed by atoms with Crippen molar-refractivity contribution in [2.24, 2.45) is 0 Å². The largest absolute Gasteiger partial charge is 0.471 e. The Kier molecular flexibility index (Phi) is 3.41. The fourth-order valence-electron chi connectivity index (χ4n) is 1.58. The van der Waals surface area contributed by atoms with E-state index in [-0.39, 0.29) is 12.2 Å². The second-order valence-electron chi connectivity index (χ2n) is 5.29. The lowest BCUT2D eigenvalue weighted by Gasteiger charge is -2.39. The Morgan fingerprint density at radius 2 is 2.11 bits per heavy atom. The summed E-state index contributed by atoms with van der Waals surface area (Å²) in [5.41, 5.74) is -0.454. The van der Waals surface area contributed by atoms with Gasteiger partial charge in [0.25, 0.3) is 0 Å². The van der Waals surface area contributed by atoms with Gasteiger partial charge in [0.05, 0.1) is 13.1 Å². The first-order chi connectivity index (χ1) is 8.44. The first-order valence-corrected chi connectivity index (χ1v) is 6.00. The summed E-state index contributed by atoms with van der Waals surface area (Å²) in [7, 11) is 0. The van der Waals surface area contributed by atoms with Crippen molar-refractivity contribution in [3.63, 3.8) is 0 Å². The molecule has 2 rings (SSSR count). The number of hydrogen-bond acceptors (Lipinski definition) is 4. The quantitative estimate of drug-likeness (QED) is 0.806. The summed E-state index contributed by atoms with van der Waals surface area (Å²) in [4.78, 5) is 17.4. The molecule has 5 heteroatoms. The highest BCUT2D eigenvalue weighted by molar-refractivity contribution is 5.69. The third-order valence-corrected chi connectivity index (χ3v) is 2.42. The van der Waals surface area contributed by atoms with Crippen molar-refractivity contribution >= 4 is 6.09 Å². The first kappa shape index (κ1) is 12.7. The van der Waals surface area contributed by atoms with Crippen molar-refractivity contribution in [2.45, 2.75) is 32.5 Å². The molecular formula is C13H18N2O3. The van der Waals surface area contributed by atoms with Crippen LogP contribution in [-0.2, 0) is 4.74 Å². The zero-order chi connectivity index (χ0) is 13.2. The van der Waals surface area contributed by atoms with Gasteiger partial charge in [-0.3, -0.25) is 0 Å². The van der Waals surface area contributed by atoms with Crippen LogP contribution in [-0.4, -0.2) is 40.8 Å². The standard InChI is InChI=1S/C13H18N2O3/c1-13(2,3)18-12(16)15-8-10(9-15)17-11-6-4-5-7-14-11/h4-7,10H,8-9H2,1-3H3. The number of likely N-dealkylation sites (tertiary alicyclic amines) is 1. The van der Waals surface area contributed by atoms with E-state index in [1.807, 2.05) is 32.9 Å². The summed E-state index contributed by atoms with van der Waals surface area (Å²) in [6.45, 7) is 6.66. The lowest BCUT2D eigenvalue weighted by atomic mass is 10.2. The number of rotatable bonds is 2. The molecule has 0 spiro atoms. The minimum atomic E-state index is -0.454. The number of amides is 1. The van der Waals surface area contributed by atoms with Crippen molar-refractivity contribution in [1.82, 2.24) is 9.88 Å². The molecule has 98 valence electrons. The van der Waals surface area contributed by atoms with Crippen LogP contribution in [0.2, 0.25) is 0 Å².